The van der Waals surface area contributed by atoms with Crippen LogP contribution in [0.3, 0.4) is 0 Å². The molecule has 4 aromatic carbocycles. The summed E-state index contributed by atoms with van der Waals surface area (Å²) >= 11 is 0. The smallest absolute Gasteiger partial charge is 0.326 e. The van der Waals surface area contributed by atoms with Crippen molar-refractivity contribution < 1.29 is 24.2 Å². The fourth-order valence-electron chi connectivity index (χ4n) is 4.83. The zero-order chi connectivity index (χ0) is 30.8. The summed E-state index contributed by atoms with van der Waals surface area (Å²) in [7, 11) is 0. The molecule has 1 amide bonds. The molecule has 222 valence electrons. The van der Waals surface area contributed by atoms with Crippen LogP contribution < -0.4 is 10.1 Å². The maximum Gasteiger partial charge on any atom is 0.326 e. The summed E-state index contributed by atoms with van der Waals surface area (Å²) in [4.78, 5) is 39.9. The van der Waals surface area contributed by atoms with Crippen LogP contribution in [0, 0.1) is 12.8 Å². The monoisotopic (exact) mass is 578 g/mol. The number of rotatable bonds is 14. The molecule has 0 unspecified atom stereocenters. The number of anilines is 1. The molecule has 0 aromatic heterocycles. The first-order chi connectivity index (χ1) is 20.7. The Kier molecular flexibility index (Phi) is 10.7. The van der Waals surface area contributed by atoms with E-state index in [0.717, 1.165) is 16.7 Å². The van der Waals surface area contributed by atoms with Gasteiger partial charge in [0.2, 0.25) is 5.91 Å². The molecule has 43 heavy (non-hydrogen) atoms. The molecule has 7 heteroatoms. The molecular formula is C36H38N2O5. The average molecular weight is 579 g/mol. The molecule has 0 saturated carbocycles. The minimum absolute atomic E-state index is 0.0692. The summed E-state index contributed by atoms with van der Waals surface area (Å²) in [6.07, 6.45) is 0.205. The lowest BCUT2D eigenvalue weighted by molar-refractivity contribution is -0.138. The van der Waals surface area contributed by atoms with Crippen LogP contribution in [-0.4, -0.2) is 46.9 Å². The number of carbonyl (C=O) groups is 3. The van der Waals surface area contributed by atoms with Gasteiger partial charge in [0.25, 0.3) is 0 Å². The van der Waals surface area contributed by atoms with Gasteiger partial charge in [0.1, 0.15) is 18.4 Å². The number of ether oxygens (including phenoxy) is 1. The minimum Gasteiger partial charge on any atom is -0.492 e. The molecule has 0 spiro atoms. The standard InChI is InChI=1S/C36H38N2O5/c1-25(2)35(40)38(24-28-11-9-10-26(3)22-28)20-21-43-30-18-16-27(17-19-30)23-33(36(41)42)37-32-15-8-7-14-31(32)34(39)29-12-5-4-6-13-29/h4-19,22,25,33,37H,20-21,23-24H2,1-3H3,(H,41,42)/t33-/m0/s1. The van der Waals surface area contributed by atoms with E-state index in [9.17, 15) is 19.5 Å². The molecule has 2 N–H and O–H groups in total. The number of nitrogens with one attached hydrogen (secondary N) is 1. The van der Waals surface area contributed by atoms with Crippen molar-refractivity contribution in [1.29, 1.82) is 0 Å². The number of hydrogen-bond donors (Lipinski definition) is 2. The number of aryl methyl sites for hydroxylation is 1. The van der Waals surface area contributed by atoms with E-state index in [2.05, 4.69) is 11.4 Å². The topological polar surface area (TPSA) is 95.9 Å². The molecule has 4 aromatic rings. The Hall–Kier alpha value is -4.91. The highest BCUT2D eigenvalue weighted by Gasteiger charge is 2.22. The van der Waals surface area contributed by atoms with Gasteiger partial charge in [0.05, 0.1) is 6.54 Å². The van der Waals surface area contributed by atoms with Gasteiger partial charge in [0.15, 0.2) is 5.78 Å². The number of benzene rings is 4. The number of para-hydroxylation sites is 1. The summed E-state index contributed by atoms with van der Waals surface area (Å²) in [5.41, 5.74) is 4.44. The number of carbonyl (C=O) groups excluding carboxylic acids is 2. The average Bonchev–Trinajstić information content (AvgIpc) is 3.01. The molecule has 1 atom stereocenters. The van der Waals surface area contributed by atoms with Crippen LogP contribution in [0.2, 0.25) is 0 Å². The van der Waals surface area contributed by atoms with E-state index < -0.39 is 12.0 Å². The molecule has 0 heterocycles. The molecule has 0 radical (unpaired) electrons. The Morgan fingerprint density at radius 1 is 0.837 bits per heavy atom. The van der Waals surface area contributed by atoms with E-state index in [1.54, 1.807) is 60.7 Å². The van der Waals surface area contributed by atoms with Crippen LogP contribution in [0.1, 0.15) is 46.5 Å². The third-order valence-electron chi connectivity index (χ3n) is 7.09. The molecule has 0 aliphatic rings. The summed E-state index contributed by atoms with van der Waals surface area (Å²) in [6.45, 7) is 7.11. The van der Waals surface area contributed by atoms with E-state index in [1.165, 1.54) is 0 Å². The van der Waals surface area contributed by atoms with Crippen molar-refractivity contribution in [3.63, 3.8) is 0 Å². The summed E-state index contributed by atoms with van der Waals surface area (Å²) in [5, 5.41) is 13.0. The Bertz CT molecular complexity index is 1530. The van der Waals surface area contributed by atoms with Crippen molar-refractivity contribution >= 4 is 23.3 Å². The maximum absolute atomic E-state index is 13.1. The first kappa shape index (κ1) is 31.0. The van der Waals surface area contributed by atoms with Gasteiger partial charge < -0.3 is 20.1 Å². The second-order valence-corrected chi connectivity index (χ2v) is 10.9. The molecule has 0 aliphatic carbocycles. The summed E-state index contributed by atoms with van der Waals surface area (Å²) < 4.78 is 5.95. The van der Waals surface area contributed by atoms with Crippen LogP contribution in [-0.2, 0) is 22.6 Å². The number of amides is 1. The predicted octanol–water partition coefficient (Wildman–Crippen LogP) is 6.40. The highest BCUT2D eigenvalue weighted by molar-refractivity contribution is 6.12. The van der Waals surface area contributed by atoms with E-state index in [0.29, 0.717) is 42.3 Å². The van der Waals surface area contributed by atoms with Gasteiger partial charge in [0, 0.05) is 35.7 Å². The third-order valence-corrected chi connectivity index (χ3v) is 7.09. The van der Waals surface area contributed by atoms with E-state index in [-0.39, 0.29) is 24.0 Å². The van der Waals surface area contributed by atoms with Crippen molar-refractivity contribution in [2.24, 2.45) is 5.92 Å². The highest BCUT2D eigenvalue weighted by Crippen LogP contribution is 2.22. The van der Waals surface area contributed by atoms with Gasteiger partial charge in [-0.25, -0.2) is 4.79 Å². The number of nitrogens with zero attached hydrogens (tertiary/aromatic N) is 1. The van der Waals surface area contributed by atoms with Gasteiger partial charge in [-0.05, 0) is 42.3 Å². The van der Waals surface area contributed by atoms with Crippen LogP contribution in [0.15, 0.2) is 103 Å². The first-order valence-corrected chi connectivity index (χ1v) is 14.5. The fourth-order valence-corrected chi connectivity index (χ4v) is 4.83. The first-order valence-electron chi connectivity index (χ1n) is 14.5. The zero-order valence-corrected chi connectivity index (χ0v) is 24.8. The quantitative estimate of drug-likeness (QED) is 0.168. The van der Waals surface area contributed by atoms with Gasteiger partial charge in [-0.15, -0.1) is 0 Å². The SMILES string of the molecule is Cc1cccc(CN(CCOc2ccc(C[C@H](Nc3ccccc3C(=O)c3ccccc3)C(=O)O)cc2)C(=O)C(C)C)c1. The Morgan fingerprint density at radius 3 is 2.21 bits per heavy atom. The Labute approximate surface area is 253 Å². The number of hydrogen-bond acceptors (Lipinski definition) is 5. The molecule has 0 saturated heterocycles. The highest BCUT2D eigenvalue weighted by atomic mass is 16.5. The summed E-state index contributed by atoms with van der Waals surface area (Å²) in [5.74, 6) is -0.620. The fraction of sp³-hybridized carbons (Fsp3) is 0.250. The summed E-state index contributed by atoms with van der Waals surface area (Å²) in [6, 6.07) is 30.3. The molecule has 4 rings (SSSR count). The molecule has 0 fully saturated rings. The number of ketones is 1. The van der Waals surface area contributed by atoms with E-state index >= 15 is 0 Å². The molecule has 7 nitrogen and oxygen atoms in total. The van der Waals surface area contributed by atoms with Crippen LogP contribution >= 0.6 is 0 Å². The Balaban J connectivity index is 1.37. The number of carboxylic acids is 1. The lowest BCUT2D eigenvalue weighted by Gasteiger charge is -2.25. The molecule has 0 bridgehead atoms. The van der Waals surface area contributed by atoms with Gasteiger partial charge in [-0.1, -0.05) is 98.3 Å². The second-order valence-electron chi connectivity index (χ2n) is 10.9. The number of carboxylic acid groups (broad SMARTS) is 1. The van der Waals surface area contributed by atoms with Crippen LogP contribution in [0.5, 0.6) is 5.75 Å². The van der Waals surface area contributed by atoms with Gasteiger partial charge in [-0.3, -0.25) is 9.59 Å². The maximum atomic E-state index is 13.1. The second kappa shape index (κ2) is 14.8. The van der Waals surface area contributed by atoms with Crippen molar-refractivity contribution in [2.75, 3.05) is 18.5 Å². The van der Waals surface area contributed by atoms with E-state index in [4.69, 9.17) is 4.74 Å². The minimum atomic E-state index is -1.02. The normalized spacial score (nSPS) is 11.5. The van der Waals surface area contributed by atoms with Gasteiger partial charge in [-0.2, -0.15) is 0 Å². The lowest BCUT2D eigenvalue weighted by Crippen LogP contribution is -2.36. The molecule has 0 aliphatic heterocycles. The van der Waals surface area contributed by atoms with Crippen molar-refractivity contribution in [3.05, 3.63) is 131 Å². The van der Waals surface area contributed by atoms with Gasteiger partial charge >= 0.3 is 5.97 Å². The molecular weight excluding hydrogens is 540 g/mol. The zero-order valence-electron chi connectivity index (χ0n) is 24.8. The lowest BCUT2D eigenvalue weighted by atomic mass is 10.00. The van der Waals surface area contributed by atoms with Crippen LogP contribution in [0.4, 0.5) is 5.69 Å². The van der Waals surface area contributed by atoms with E-state index in [1.807, 2.05) is 62.1 Å². The van der Waals surface area contributed by atoms with Crippen molar-refractivity contribution in [3.8, 4) is 5.75 Å². The number of aliphatic carboxylic acids is 1. The van der Waals surface area contributed by atoms with Crippen molar-refractivity contribution in [1.82, 2.24) is 4.90 Å². The Morgan fingerprint density at radius 2 is 1.53 bits per heavy atom. The predicted molar refractivity (Wildman–Crippen MR) is 168 cm³/mol. The van der Waals surface area contributed by atoms with Crippen LogP contribution in [0.25, 0.3) is 0 Å². The van der Waals surface area contributed by atoms with Crippen molar-refractivity contribution in [2.45, 2.75) is 39.8 Å². The third kappa shape index (κ3) is 8.79. The largest absolute Gasteiger partial charge is 0.492 e.